The van der Waals surface area contributed by atoms with Crippen molar-refractivity contribution in [2.75, 3.05) is 18.4 Å². The average molecular weight is 338 g/mol. The van der Waals surface area contributed by atoms with Gasteiger partial charge in [0.05, 0.1) is 6.54 Å². The van der Waals surface area contributed by atoms with Crippen LogP contribution in [-0.2, 0) is 12.0 Å². The highest BCUT2D eigenvalue weighted by Gasteiger charge is 2.44. The fraction of sp³-hybridized carbons (Fsp3) is 0.615. The molecule has 23 heavy (non-hydrogen) atoms. The maximum Gasteiger partial charge on any atom is 0.323 e. The quantitative estimate of drug-likeness (QED) is 0.863. The van der Waals surface area contributed by atoms with E-state index < -0.39 is 5.60 Å². The zero-order chi connectivity index (χ0) is 16.4. The summed E-state index contributed by atoms with van der Waals surface area (Å²) in [6, 6.07) is -0.323. The molecule has 9 nitrogen and oxygen atoms in total. The molecule has 1 atom stereocenters. The molecule has 0 spiro atoms. The van der Waals surface area contributed by atoms with Gasteiger partial charge in [0.15, 0.2) is 11.4 Å². The summed E-state index contributed by atoms with van der Waals surface area (Å²) in [7, 11) is 0. The van der Waals surface area contributed by atoms with Crippen molar-refractivity contribution in [3.63, 3.8) is 0 Å². The van der Waals surface area contributed by atoms with Crippen molar-refractivity contribution in [1.29, 1.82) is 0 Å². The molecule has 2 N–H and O–H groups in total. The molecule has 2 aromatic rings. The van der Waals surface area contributed by atoms with E-state index in [0.29, 0.717) is 23.9 Å². The van der Waals surface area contributed by atoms with Gasteiger partial charge in [0.2, 0.25) is 5.13 Å². The summed E-state index contributed by atoms with van der Waals surface area (Å²) in [5.41, 5.74) is -1.30. The van der Waals surface area contributed by atoms with Crippen LogP contribution >= 0.6 is 11.3 Å². The number of rotatable bonds is 4. The van der Waals surface area contributed by atoms with E-state index in [2.05, 4.69) is 32.6 Å². The maximum absolute atomic E-state index is 12.3. The molecule has 10 heteroatoms. The third-order valence-electron chi connectivity index (χ3n) is 3.61. The van der Waals surface area contributed by atoms with E-state index in [-0.39, 0.29) is 18.5 Å². The third-order valence-corrected chi connectivity index (χ3v) is 4.50. The zero-order valence-electron chi connectivity index (χ0n) is 12.9. The van der Waals surface area contributed by atoms with Crippen LogP contribution in [0, 0.1) is 6.92 Å². The van der Waals surface area contributed by atoms with Crippen molar-refractivity contribution in [2.45, 2.75) is 38.7 Å². The first kappa shape index (κ1) is 15.8. The lowest BCUT2D eigenvalue weighted by atomic mass is 10.0. The van der Waals surface area contributed by atoms with Crippen molar-refractivity contribution in [1.82, 2.24) is 25.2 Å². The lowest BCUT2D eigenvalue weighted by Gasteiger charge is -2.19. The first-order chi connectivity index (χ1) is 11.0. The SMILES string of the molecule is CCCc1nnc(NC(=O)N2CC[C@](O)(c3nc(C)no3)C2)s1. The minimum absolute atomic E-state index is 0.0983. The Bertz CT molecular complexity index is 701. The van der Waals surface area contributed by atoms with Crippen LogP contribution in [0.5, 0.6) is 0 Å². The van der Waals surface area contributed by atoms with Gasteiger partial charge in [-0.1, -0.05) is 23.4 Å². The summed E-state index contributed by atoms with van der Waals surface area (Å²) in [4.78, 5) is 17.8. The number of likely N-dealkylation sites (tertiary alicyclic amines) is 1. The van der Waals surface area contributed by atoms with E-state index >= 15 is 0 Å². The van der Waals surface area contributed by atoms with Gasteiger partial charge in [0, 0.05) is 19.4 Å². The molecule has 0 bridgehead atoms. The molecule has 2 aromatic heterocycles. The predicted molar refractivity (Wildman–Crippen MR) is 82.0 cm³/mol. The van der Waals surface area contributed by atoms with Crippen LogP contribution in [0.1, 0.15) is 36.5 Å². The normalized spacial score (nSPS) is 20.9. The number of amides is 2. The first-order valence-electron chi connectivity index (χ1n) is 7.41. The number of aliphatic hydroxyl groups is 1. The Balaban J connectivity index is 1.62. The fourth-order valence-corrected chi connectivity index (χ4v) is 3.25. The lowest BCUT2D eigenvalue weighted by molar-refractivity contribution is 0.0171. The lowest BCUT2D eigenvalue weighted by Crippen LogP contribution is -2.37. The highest BCUT2D eigenvalue weighted by atomic mass is 32.1. The summed E-state index contributed by atoms with van der Waals surface area (Å²) >= 11 is 1.36. The van der Waals surface area contributed by atoms with Gasteiger partial charge in [-0.3, -0.25) is 5.32 Å². The van der Waals surface area contributed by atoms with Crippen LogP contribution in [0.4, 0.5) is 9.93 Å². The van der Waals surface area contributed by atoms with Gasteiger partial charge in [-0.25, -0.2) is 4.79 Å². The molecule has 0 aromatic carbocycles. The van der Waals surface area contributed by atoms with Crippen molar-refractivity contribution < 1.29 is 14.4 Å². The van der Waals surface area contributed by atoms with Crippen molar-refractivity contribution in [2.24, 2.45) is 0 Å². The van der Waals surface area contributed by atoms with Gasteiger partial charge < -0.3 is 14.5 Å². The second-order valence-corrected chi connectivity index (χ2v) is 6.59. The Morgan fingerprint density at radius 3 is 3.04 bits per heavy atom. The Labute approximate surface area is 136 Å². The van der Waals surface area contributed by atoms with Gasteiger partial charge in [0.1, 0.15) is 5.01 Å². The Morgan fingerprint density at radius 1 is 1.52 bits per heavy atom. The van der Waals surface area contributed by atoms with E-state index in [1.807, 2.05) is 0 Å². The smallest absolute Gasteiger partial charge is 0.323 e. The zero-order valence-corrected chi connectivity index (χ0v) is 13.8. The largest absolute Gasteiger partial charge is 0.378 e. The van der Waals surface area contributed by atoms with Crippen LogP contribution in [0.15, 0.2) is 4.52 Å². The van der Waals surface area contributed by atoms with Crippen LogP contribution < -0.4 is 5.32 Å². The van der Waals surface area contributed by atoms with Gasteiger partial charge >= 0.3 is 6.03 Å². The Morgan fingerprint density at radius 2 is 2.35 bits per heavy atom. The first-order valence-corrected chi connectivity index (χ1v) is 8.23. The number of anilines is 1. The fourth-order valence-electron chi connectivity index (χ4n) is 2.42. The highest BCUT2D eigenvalue weighted by molar-refractivity contribution is 7.15. The highest BCUT2D eigenvalue weighted by Crippen LogP contribution is 2.31. The molecule has 0 saturated carbocycles. The molecule has 1 fully saturated rings. The number of urea groups is 1. The van der Waals surface area contributed by atoms with Crippen LogP contribution in [0.3, 0.4) is 0 Å². The average Bonchev–Trinajstić information content (AvgIpc) is 3.21. The minimum Gasteiger partial charge on any atom is -0.378 e. The number of hydrogen-bond donors (Lipinski definition) is 2. The molecule has 1 saturated heterocycles. The molecule has 3 rings (SSSR count). The molecular weight excluding hydrogens is 320 g/mol. The predicted octanol–water partition coefficient (Wildman–Crippen LogP) is 1.31. The molecule has 3 heterocycles. The van der Waals surface area contributed by atoms with E-state index in [1.165, 1.54) is 16.2 Å². The van der Waals surface area contributed by atoms with Gasteiger partial charge in [-0.15, -0.1) is 10.2 Å². The number of hydrogen-bond acceptors (Lipinski definition) is 8. The van der Waals surface area contributed by atoms with E-state index in [4.69, 9.17) is 4.52 Å². The van der Waals surface area contributed by atoms with Gasteiger partial charge in [-0.05, 0) is 13.3 Å². The number of β-amino-alcohol motifs (C(OH)–C–C–N with tert-alkyl or cyclic N) is 1. The van der Waals surface area contributed by atoms with Gasteiger partial charge in [-0.2, -0.15) is 4.98 Å². The second-order valence-electron chi connectivity index (χ2n) is 5.53. The van der Waals surface area contributed by atoms with Crippen molar-refractivity contribution >= 4 is 22.5 Å². The maximum atomic E-state index is 12.3. The van der Waals surface area contributed by atoms with Crippen molar-refractivity contribution in [3.05, 3.63) is 16.7 Å². The van der Waals surface area contributed by atoms with E-state index in [9.17, 15) is 9.90 Å². The number of carbonyl (C=O) groups is 1. The third kappa shape index (κ3) is 3.32. The van der Waals surface area contributed by atoms with E-state index in [0.717, 1.165) is 17.8 Å². The van der Waals surface area contributed by atoms with Crippen LogP contribution in [-0.4, -0.2) is 49.5 Å². The summed E-state index contributed by atoms with van der Waals surface area (Å²) in [6.07, 6.45) is 2.16. The number of aryl methyl sites for hydroxylation is 2. The summed E-state index contributed by atoms with van der Waals surface area (Å²) in [5, 5.41) is 26.3. The molecule has 2 amide bonds. The number of carbonyl (C=O) groups excluding carboxylic acids is 1. The summed E-state index contributed by atoms with van der Waals surface area (Å²) in [6.45, 7) is 4.23. The van der Waals surface area contributed by atoms with E-state index in [1.54, 1.807) is 6.92 Å². The molecular formula is C13H18N6O3S. The molecule has 1 aliphatic heterocycles. The molecule has 0 radical (unpaired) electrons. The van der Waals surface area contributed by atoms with Crippen LogP contribution in [0.25, 0.3) is 0 Å². The number of aromatic nitrogens is 4. The topological polar surface area (TPSA) is 117 Å². The second kappa shape index (κ2) is 6.20. The molecule has 1 aliphatic rings. The van der Waals surface area contributed by atoms with Crippen LogP contribution in [0.2, 0.25) is 0 Å². The molecule has 0 unspecified atom stereocenters. The Hall–Kier alpha value is -2.07. The Kier molecular flexibility index (Phi) is 4.26. The summed E-state index contributed by atoms with van der Waals surface area (Å²) in [5.74, 6) is 0.597. The standard InChI is InChI=1S/C13H18N6O3S/c1-3-4-9-16-17-11(23-9)15-12(20)19-6-5-13(21,7-19)10-14-8(2)18-22-10/h21H,3-7H2,1-2H3,(H,15,17,20)/t13-/m1/s1. The number of nitrogens with zero attached hydrogens (tertiary/aromatic N) is 5. The monoisotopic (exact) mass is 338 g/mol. The molecule has 0 aliphatic carbocycles. The number of nitrogens with one attached hydrogen (secondary N) is 1. The van der Waals surface area contributed by atoms with Gasteiger partial charge in [0.25, 0.3) is 5.89 Å². The molecule has 124 valence electrons. The minimum atomic E-state index is -1.30. The van der Waals surface area contributed by atoms with Crippen molar-refractivity contribution in [3.8, 4) is 0 Å². The summed E-state index contributed by atoms with van der Waals surface area (Å²) < 4.78 is 5.04.